The lowest BCUT2D eigenvalue weighted by atomic mass is 10.0. The number of pyridine rings is 1. The smallest absolute Gasteiger partial charge is 0.203 e. The van der Waals surface area contributed by atoms with Crippen LogP contribution in [0.3, 0.4) is 0 Å². The number of aromatic amines is 1. The highest BCUT2D eigenvalue weighted by atomic mass is 16.5. The van der Waals surface area contributed by atoms with E-state index in [0.717, 1.165) is 22.2 Å². The maximum Gasteiger partial charge on any atom is 0.203 e. The molecule has 0 bridgehead atoms. The number of nitrogens with one attached hydrogen (secondary N) is 1. The van der Waals surface area contributed by atoms with Crippen molar-refractivity contribution in [1.29, 1.82) is 0 Å². The van der Waals surface area contributed by atoms with E-state index < -0.39 is 0 Å². The lowest BCUT2D eigenvalue weighted by molar-refractivity contribution is 0.324. The average molecular weight is 284 g/mol. The van der Waals surface area contributed by atoms with Crippen molar-refractivity contribution in [2.45, 2.75) is 0 Å². The molecule has 2 aromatic heterocycles. The minimum atomic E-state index is 0.586. The Balaban J connectivity index is 2.25. The molecule has 0 radical (unpaired) electrons. The van der Waals surface area contributed by atoms with Gasteiger partial charge in [-0.05, 0) is 35.4 Å². The van der Waals surface area contributed by atoms with Gasteiger partial charge in [0.2, 0.25) is 5.75 Å². The first kappa shape index (κ1) is 13.3. The van der Waals surface area contributed by atoms with Crippen LogP contribution in [0.4, 0.5) is 0 Å². The molecule has 1 aromatic carbocycles. The molecular weight excluding hydrogens is 268 g/mol. The van der Waals surface area contributed by atoms with Gasteiger partial charge in [0, 0.05) is 17.8 Å². The molecular formula is C16H16N2O3. The van der Waals surface area contributed by atoms with Crippen LogP contribution < -0.4 is 14.2 Å². The highest BCUT2D eigenvalue weighted by molar-refractivity contribution is 5.93. The number of hydrogen-bond acceptors (Lipinski definition) is 4. The Hall–Kier alpha value is -2.69. The summed E-state index contributed by atoms with van der Waals surface area (Å²) in [5.74, 6) is 1.85. The Morgan fingerprint density at radius 2 is 1.67 bits per heavy atom. The van der Waals surface area contributed by atoms with Gasteiger partial charge in [-0.3, -0.25) is 0 Å². The molecule has 3 rings (SSSR count). The fourth-order valence-electron chi connectivity index (χ4n) is 2.45. The fraction of sp³-hybridized carbons (Fsp3) is 0.188. The van der Waals surface area contributed by atoms with Crippen molar-refractivity contribution in [2.75, 3.05) is 21.3 Å². The van der Waals surface area contributed by atoms with Gasteiger partial charge in [-0.25, -0.2) is 4.98 Å². The number of hydrogen-bond donors (Lipinski definition) is 1. The summed E-state index contributed by atoms with van der Waals surface area (Å²) in [6.45, 7) is 0. The zero-order chi connectivity index (χ0) is 14.8. The quantitative estimate of drug-likeness (QED) is 0.799. The summed E-state index contributed by atoms with van der Waals surface area (Å²) in [7, 11) is 4.82. The second-order valence-electron chi connectivity index (χ2n) is 4.51. The van der Waals surface area contributed by atoms with E-state index >= 15 is 0 Å². The predicted octanol–water partition coefficient (Wildman–Crippen LogP) is 3.26. The zero-order valence-electron chi connectivity index (χ0n) is 12.1. The van der Waals surface area contributed by atoms with Gasteiger partial charge in [0.1, 0.15) is 5.65 Å². The molecule has 0 aliphatic carbocycles. The van der Waals surface area contributed by atoms with E-state index in [4.69, 9.17) is 14.2 Å². The first-order chi connectivity index (χ1) is 10.3. The van der Waals surface area contributed by atoms with Gasteiger partial charge in [0.15, 0.2) is 11.5 Å². The van der Waals surface area contributed by atoms with Gasteiger partial charge >= 0.3 is 0 Å². The summed E-state index contributed by atoms with van der Waals surface area (Å²) < 4.78 is 16.2. The number of benzene rings is 1. The lowest BCUT2D eigenvalue weighted by Crippen LogP contribution is -1.96. The monoisotopic (exact) mass is 284 g/mol. The SMILES string of the molecule is COc1cc(-c2ccnc3[nH]ccc23)cc(OC)c1OC. The molecule has 0 spiro atoms. The van der Waals surface area contributed by atoms with Crippen LogP contribution in [0.15, 0.2) is 36.7 Å². The third kappa shape index (κ3) is 2.16. The summed E-state index contributed by atoms with van der Waals surface area (Å²) in [6.07, 6.45) is 3.65. The second kappa shape index (κ2) is 5.36. The van der Waals surface area contributed by atoms with Crippen molar-refractivity contribution in [1.82, 2.24) is 9.97 Å². The topological polar surface area (TPSA) is 56.4 Å². The van der Waals surface area contributed by atoms with Crippen molar-refractivity contribution < 1.29 is 14.2 Å². The van der Waals surface area contributed by atoms with Gasteiger partial charge in [-0.2, -0.15) is 0 Å². The van der Waals surface area contributed by atoms with Crippen molar-refractivity contribution >= 4 is 11.0 Å². The Kier molecular flexibility index (Phi) is 3.39. The highest BCUT2D eigenvalue weighted by Crippen LogP contribution is 2.42. The fourth-order valence-corrected chi connectivity index (χ4v) is 2.45. The van der Waals surface area contributed by atoms with Crippen LogP contribution in [0, 0.1) is 0 Å². The summed E-state index contributed by atoms with van der Waals surface area (Å²) in [6, 6.07) is 7.84. The minimum Gasteiger partial charge on any atom is -0.493 e. The van der Waals surface area contributed by atoms with Crippen LogP contribution in [0.1, 0.15) is 0 Å². The van der Waals surface area contributed by atoms with Crippen LogP contribution in [-0.4, -0.2) is 31.3 Å². The van der Waals surface area contributed by atoms with Crippen LogP contribution in [0.2, 0.25) is 0 Å². The number of nitrogens with zero attached hydrogens (tertiary/aromatic N) is 1. The van der Waals surface area contributed by atoms with E-state index in [1.165, 1.54) is 0 Å². The number of rotatable bonds is 4. The Morgan fingerprint density at radius 1 is 0.952 bits per heavy atom. The molecule has 5 nitrogen and oxygen atoms in total. The molecule has 0 unspecified atom stereocenters. The van der Waals surface area contributed by atoms with E-state index in [9.17, 15) is 0 Å². The Morgan fingerprint density at radius 3 is 2.29 bits per heavy atom. The van der Waals surface area contributed by atoms with Crippen LogP contribution >= 0.6 is 0 Å². The summed E-state index contributed by atoms with van der Waals surface area (Å²) in [4.78, 5) is 7.41. The molecule has 0 fully saturated rings. The number of ether oxygens (including phenoxy) is 3. The van der Waals surface area contributed by atoms with Crippen LogP contribution in [-0.2, 0) is 0 Å². The number of methoxy groups -OCH3 is 3. The first-order valence-corrected chi connectivity index (χ1v) is 6.51. The Bertz CT molecular complexity index is 755. The summed E-state index contributed by atoms with van der Waals surface area (Å²) in [5.41, 5.74) is 2.89. The molecule has 3 aromatic rings. The highest BCUT2D eigenvalue weighted by Gasteiger charge is 2.15. The van der Waals surface area contributed by atoms with E-state index in [1.807, 2.05) is 30.5 Å². The number of aromatic nitrogens is 2. The molecule has 0 aliphatic rings. The van der Waals surface area contributed by atoms with E-state index in [1.54, 1.807) is 27.5 Å². The van der Waals surface area contributed by atoms with Crippen molar-refractivity contribution in [3.63, 3.8) is 0 Å². The van der Waals surface area contributed by atoms with E-state index in [0.29, 0.717) is 17.2 Å². The van der Waals surface area contributed by atoms with Gasteiger partial charge < -0.3 is 19.2 Å². The van der Waals surface area contributed by atoms with Crippen molar-refractivity contribution in [3.05, 3.63) is 36.7 Å². The zero-order valence-corrected chi connectivity index (χ0v) is 12.1. The van der Waals surface area contributed by atoms with Gasteiger partial charge in [0.25, 0.3) is 0 Å². The Labute approximate surface area is 122 Å². The van der Waals surface area contributed by atoms with E-state index in [2.05, 4.69) is 9.97 Å². The third-order valence-electron chi connectivity index (χ3n) is 3.44. The first-order valence-electron chi connectivity index (χ1n) is 6.51. The van der Waals surface area contributed by atoms with Crippen molar-refractivity contribution in [3.8, 4) is 28.4 Å². The molecule has 108 valence electrons. The standard InChI is InChI=1S/C16H16N2O3/c1-19-13-8-10(9-14(20-2)15(13)21-3)11-4-6-17-16-12(11)5-7-18-16/h4-9H,1-3H3,(H,17,18). The average Bonchev–Trinajstić information content (AvgIpc) is 3.01. The molecule has 0 amide bonds. The molecule has 0 saturated carbocycles. The van der Waals surface area contributed by atoms with E-state index in [-0.39, 0.29) is 0 Å². The third-order valence-corrected chi connectivity index (χ3v) is 3.44. The summed E-state index contributed by atoms with van der Waals surface area (Å²) >= 11 is 0. The largest absolute Gasteiger partial charge is 0.493 e. The van der Waals surface area contributed by atoms with Gasteiger partial charge in [-0.15, -0.1) is 0 Å². The predicted molar refractivity (Wildman–Crippen MR) is 81.2 cm³/mol. The van der Waals surface area contributed by atoms with Gasteiger partial charge in [0.05, 0.1) is 21.3 Å². The molecule has 21 heavy (non-hydrogen) atoms. The molecule has 0 aliphatic heterocycles. The van der Waals surface area contributed by atoms with Crippen molar-refractivity contribution in [2.24, 2.45) is 0 Å². The second-order valence-corrected chi connectivity index (χ2v) is 4.51. The molecule has 2 heterocycles. The number of fused-ring (bicyclic) bond motifs is 1. The van der Waals surface area contributed by atoms with Crippen LogP contribution in [0.25, 0.3) is 22.2 Å². The summed E-state index contributed by atoms with van der Waals surface area (Å²) in [5, 5.41) is 1.05. The molecule has 1 N–H and O–H groups in total. The molecule has 0 saturated heterocycles. The van der Waals surface area contributed by atoms with Gasteiger partial charge in [-0.1, -0.05) is 0 Å². The maximum absolute atomic E-state index is 5.41. The molecule has 0 atom stereocenters. The number of H-pyrrole nitrogens is 1. The van der Waals surface area contributed by atoms with Crippen LogP contribution in [0.5, 0.6) is 17.2 Å². The molecule has 5 heteroatoms. The lowest BCUT2D eigenvalue weighted by Gasteiger charge is -2.14. The minimum absolute atomic E-state index is 0.586. The maximum atomic E-state index is 5.41. The normalized spacial score (nSPS) is 10.6.